The van der Waals surface area contributed by atoms with Crippen molar-refractivity contribution in [1.82, 2.24) is 20.4 Å². The Labute approximate surface area is 93.6 Å². The van der Waals surface area contributed by atoms with Crippen LogP contribution < -0.4 is 10.6 Å². The van der Waals surface area contributed by atoms with E-state index in [0.717, 1.165) is 5.69 Å². The molecule has 0 spiro atoms. The molecule has 2 rings (SSSR count). The molecule has 1 saturated heterocycles. The van der Waals surface area contributed by atoms with Crippen molar-refractivity contribution < 1.29 is 9.90 Å². The molecule has 1 aliphatic heterocycles. The Morgan fingerprint density at radius 2 is 2.62 bits per heavy atom. The molecule has 0 aromatic carbocycles. The number of hydrogen-bond donors (Lipinski definition) is 3. The quantitative estimate of drug-likeness (QED) is 0.600. The highest BCUT2D eigenvalue weighted by molar-refractivity contribution is 5.82. The normalized spacial score (nSPS) is 24.6. The lowest BCUT2D eigenvalue weighted by atomic mass is 10.2. The first-order valence-electron chi connectivity index (χ1n) is 5.33. The summed E-state index contributed by atoms with van der Waals surface area (Å²) < 4.78 is 1.69. The Morgan fingerprint density at radius 3 is 3.19 bits per heavy atom. The monoisotopic (exact) mass is 224 g/mol. The molecule has 2 unspecified atom stereocenters. The fraction of sp³-hybridized carbons (Fsp3) is 0.600. The summed E-state index contributed by atoms with van der Waals surface area (Å²) in [6, 6.07) is 1.58. The highest BCUT2D eigenvalue weighted by Gasteiger charge is 2.27. The van der Waals surface area contributed by atoms with Crippen LogP contribution in [0.25, 0.3) is 0 Å². The largest absolute Gasteiger partial charge is 0.392 e. The zero-order valence-corrected chi connectivity index (χ0v) is 9.18. The number of hydrogen-bond acceptors (Lipinski definition) is 4. The first kappa shape index (κ1) is 11.1. The van der Waals surface area contributed by atoms with Gasteiger partial charge in [0.05, 0.1) is 24.4 Å². The molecule has 16 heavy (non-hydrogen) atoms. The molecule has 0 radical (unpaired) electrons. The molecule has 1 aromatic rings. The smallest absolute Gasteiger partial charge is 0.237 e. The molecule has 0 aliphatic carbocycles. The Kier molecular flexibility index (Phi) is 3.21. The summed E-state index contributed by atoms with van der Waals surface area (Å²) in [5.41, 5.74) is 0.828. The van der Waals surface area contributed by atoms with E-state index in [0.29, 0.717) is 19.5 Å². The third-order valence-corrected chi connectivity index (χ3v) is 2.64. The molecule has 1 fully saturated rings. The summed E-state index contributed by atoms with van der Waals surface area (Å²) in [5, 5.41) is 19.2. The number of nitrogens with one attached hydrogen (secondary N) is 2. The number of amides is 1. The van der Waals surface area contributed by atoms with E-state index >= 15 is 0 Å². The maximum atomic E-state index is 11.7. The number of rotatable bonds is 3. The molecule has 3 N–H and O–H groups in total. The predicted molar refractivity (Wildman–Crippen MR) is 57.5 cm³/mol. The Bertz CT molecular complexity index is 377. The number of aliphatic hydroxyl groups excluding tert-OH is 1. The van der Waals surface area contributed by atoms with Crippen LogP contribution >= 0.6 is 0 Å². The Hall–Kier alpha value is -1.40. The minimum Gasteiger partial charge on any atom is -0.392 e. The third kappa shape index (κ3) is 2.59. The zero-order valence-electron chi connectivity index (χ0n) is 9.18. The van der Waals surface area contributed by atoms with Crippen molar-refractivity contribution in [2.75, 3.05) is 6.54 Å². The lowest BCUT2D eigenvalue weighted by Crippen LogP contribution is -2.40. The van der Waals surface area contributed by atoms with Gasteiger partial charge in [-0.2, -0.15) is 5.10 Å². The van der Waals surface area contributed by atoms with Gasteiger partial charge in [-0.25, -0.2) is 0 Å². The molecule has 6 heteroatoms. The second kappa shape index (κ2) is 4.63. The van der Waals surface area contributed by atoms with E-state index in [1.54, 1.807) is 4.68 Å². The highest BCUT2D eigenvalue weighted by Crippen LogP contribution is 2.06. The molecular formula is C10H16N4O2. The lowest BCUT2D eigenvalue weighted by molar-refractivity contribution is -0.123. The molecule has 0 bridgehead atoms. The van der Waals surface area contributed by atoms with Gasteiger partial charge in [0.2, 0.25) is 5.91 Å². The van der Waals surface area contributed by atoms with Crippen LogP contribution in [0.4, 0.5) is 0 Å². The summed E-state index contributed by atoms with van der Waals surface area (Å²) in [5.74, 6) is -0.0813. The molecule has 6 nitrogen and oxygen atoms in total. The first-order valence-corrected chi connectivity index (χ1v) is 5.33. The van der Waals surface area contributed by atoms with Crippen LogP contribution in [0.5, 0.6) is 0 Å². The van der Waals surface area contributed by atoms with E-state index in [9.17, 15) is 9.90 Å². The molecule has 2 atom stereocenters. The molecule has 1 aliphatic rings. The van der Waals surface area contributed by atoms with Gasteiger partial charge >= 0.3 is 0 Å². The van der Waals surface area contributed by atoms with Crippen molar-refractivity contribution in [2.24, 2.45) is 7.05 Å². The SMILES string of the molecule is Cn1ccc(CNC(=O)C2CC(O)CN2)n1. The lowest BCUT2D eigenvalue weighted by Gasteiger charge is -2.09. The molecule has 1 amide bonds. The first-order chi connectivity index (χ1) is 7.65. The number of aliphatic hydroxyl groups is 1. The minimum absolute atomic E-state index is 0.0813. The van der Waals surface area contributed by atoms with E-state index in [2.05, 4.69) is 15.7 Å². The van der Waals surface area contributed by atoms with Gasteiger partial charge in [-0.3, -0.25) is 9.48 Å². The Balaban J connectivity index is 1.80. The third-order valence-electron chi connectivity index (χ3n) is 2.64. The minimum atomic E-state index is -0.411. The standard InChI is InChI=1S/C10H16N4O2/c1-14-3-2-7(13-14)5-12-10(16)9-4-8(15)6-11-9/h2-3,8-9,11,15H,4-6H2,1H3,(H,12,16). The van der Waals surface area contributed by atoms with Gasteiger partial charge in [-0.15, -0.1) is 0 Å². The second-order valence-electron chi connectivity index (χ2n) is 4.05. The van der Waals surface area contributed by atoms with Crippen LogP contribution in [0, 0.1) is 0 Å². The molecular weight excluding hydrogens is 208 g/mol. The van der Waals surface area contributed by atoms with Crippen LogP contribution in [0.2, 0.25) is 0 Å². The van der Waals surface area contributed by atoms with Crippen molar-refractivity contribution in [1.29, 1.82) is 0 Å². The highest BCUT2D eigenvalue weighted by atomic mass is 16.3. The van der Waals surface area contributed by atoms with Crippen molar-refractivity contribution in [3.63, 3.8) is 0 Å². The molecule has 0 saturated carbocycles. The maximum absolute atomic E-state index is 11.7. The van der Waals surface area contributed by atoms with E-state index < -0.39 is 6.10 Å². The van der Waals surface area contributed by atoms with Gasteiger partial charge in [0.25, 0.3) is 0 Å². The number of nitrogens with zero attached hydrogens (tertiary/aromatic N) is 2. The Morgan fingerprint density at radius 1 is 1.81 bits per heavy atom. The predicted octanol–water partition coefficient (Wildman–Crippen LogP) is -1.24. The van der Waals surface area contributed by atoms with Crippen molar-refractivity contribution in [2.45, 2.75) is 25.1 Å². The number of aryl methyl sites for hydroxylation is 1. The van der Waals surface area contributed by atoms with E-state index in [4.69, 9.17) is 0 Å². The van der Waals surface area contributed by atoms with Gasteiger partial charge in [0.1, 0.15) is 0 Å². The number of carbonyl (C=O) groups is 1. The van der Waals surface area contributed by atoms with Crippen LogP contribution in [-0.4, -0.2) is 39.5 Å². The average molecular weight is 224 g/mol. The summed E-state index contributed by atoms with van der Waals surface area (Å²) >= 11 is 0. The van der Waals surface area contributed by atoms with Crippen molar-refractivity contribution >= 4 is 5.91 Å². The van der Waals surface area contributed by atoms with Crippen LogP contribution in [0.15, 0.2) is 12.3 Å². The average Bonchev–Trinajstić information content (AvgIpc) is 2.84. The molecule has 88 valence electrons. The van der Waals surface area contributed by atoms with Crippen LogP contribution in [0.3, 0.4) is 0 Å². The van der Waals surface area contributed by atoms with Crippen molar-refractivity contribution in [3.05, 3.63) is 18.0 Å². The fourth-order valence-corrected chi connectivity index (χ4v) is 1.78. The molecule has 1 aromatic heterocycles. The van der Waals surface area contributed by atoms with Crippen LogP contribution in [0.1, 0.15) is 12.1 Å². The van der Waals surface area contributed by atoms with Gasteiger partial charge < -0.3 is 15.7 Å². The summed E-state index contributed by atoms with van der Waals surface area (Å²) in [7, 11) is 1.83. The summed E-state index contributed by atoms with van der Waals surface area (Å²) in [6.45, 7) is 0.912. The fourth-order valence-electron chi connectivity index (χ4n) is 1.78. The van der Waals surface area contributed by atoms with Crippen LogP contribution in [-0.2, 0) is 18.4 Å². The summed E-state index contributed by atoms with van der Waals surface area (Å²) in [4.78, 5) is 11.7. The van der Waals surface area contributed by atoms with E-state index in [-0.39, 0.29) is 11.9 Å². The zero-order chi connectivity index (χ0) is 11.5. The maximum Gasteiger partial charge on any atom is 0.237 e. The summed E-state index contributed by atoms with van der Waals surface area (Å²) in [6.07, 6.45) is 1.90. The van der Waals surface area contributed by atoms with Gasteiger partial charge in [0, 0.05) is 19.8 Å². The van der Waals surface area contributed by atoms with Gasteiger partial charge in [-0.05, 0) is 12.5 Å². The molecule has 2 heterocycles. The number of β-amino-alcohol motifs (C(OH)–C–C–N with tert-alkyl or cyclic N) is 1. The van der Waals surface area contributed by atoms with Gasteiger partial charge in [0.15, 0.2) is 0 Å². The number of aromatic nitrogens is 2. The van der Waals surface area contributed by atoms with Gasteiger partial charge in [-0.1, -0.05) is 0 Å². The van der Waals surface area contributed by atoms with E-state index in [1.807, 2.05) is 19.3 Å². The second-order valence-corrected chi connectivity index (χ2v) is 4.05. The van der Waals surface area contributed by atoms with Crippen molar-refractivity contribution in [3.8, 4) is 0 Å². The topological polar surface area (TPSA) is 79.2 Å². The van der Waals surface area contributed by atoms with E-state index in [1.165, 1.54) is 0 Å². The number of carbonyl (C=O) groups excluding carboxylic acids is 1.